The molecule has 0 N–H and O–H groups in total. The normalized spacial score (nSPS) is 13.1. The number of anilines is 1. The molecule has 1 amide bonds. The lowest BCUT2D eigenvalue weighted by Gasteiger charge is -2.27. The number of Topliss-reactive ketones (excluding diaryl/α,β-unsaturated/α-hetero) is 1. The van der Waals surface area contributed by atoms with Crippen molar-refractivity contribution in [2.75, 3.05) is 30.9 Å². The van der Waals surface area contributed by atoms with Crippen LogP contribution < -0.4 is 9.64 Å². The molecule has 0 saturated heterocycles. The fraction of sp³-hybridized carbons (Fsp3) is 0.211. The summed E-state index contributed by atoms with van der Waals surface area (Å²) in [5.41, 5.74) is 1.03. The zero-order valence-corrected chi connectivity index (χ0v) is 15.0. The predicted octanol–water partition coefficient (Wildman–Crippen LogP) is 2.56. The molecule has 0 saturated carbocycles. The highest BCUT2D eigenvalue weighted by Crippen LogP contribution is 2.34. The summed E-state index contributed by atoms with van der Waals surface area (Å²) in [6.45, 7) is -0.632. The first kappa shape index (κ1) is 18.0. The number of esters is 1. The Morgan fingerprint density at radius 2 is 1.85 bits per heavy atom. The van der Waals surface area contributed by atoms with Crippen molar-refractivity contribution in [3.8, 4) is 5.75 Å². The molecule has 7 heteroatoms. The first-order valence-corrected chi connectivity index (χ1v) is 8.92. The maximum Gasteiger partial charge on any atom is 0.326 e. The first-order chi connectivity index (χ1) is 12.6. The van der Waals surface area contributed by atoms with Crippen LogP contribution in [0.5, 0.6) is 5.75 Å². The van der Waals surface area contributed by atoms with Gasteiger partial charge < -0.3 is 9.47 Å². The molecule has 0 spiro atoms. The van der Waals surface area contributed by atoms with Crippen molar-refractivity contribution in [2.45, 2.75) is 4.90 Å². The number of ether oxygens (including phenoxy) is 2. The molecular weight excluding hydrogens is 354 g/mol. The quantitative estimate of drug-likeness (QED) is 0.574. The van der Waals surface area contributed by atoms with Gasteiger partial charge in [0.25, 0.3) is 0 Å². The number of hydrogen-bond acceptors (Lipinski definition) is 6. The van der Waals surface area contributed by atoms with Gasteiger partial charge in [-0.15, -0.1) is 11.8 Å². The number of carbonyl (C=O) groups is 3. The molecule has 1 aliphatic heterocycles. The molecule has 2 aromatic rings. The Morgan fingerprint density at radius 3 is 2.65 bits per heavy atom. The summed E-state index contributed by atoms with van der Waals surface area (Å²) in [4.78, 5) is 38.9. The molecule has 0 unspecified atom stereocenters. The second-order valence-electron chi connectivity index (χ2n) is 5.52. The van der Waals surface area contributed by atoms with E-state index in [0.717, 1.165) is 4.90 Å². The number of rotatable bonds is 6. The number of para-hydroxylation sites is 2. The highest BCUT2D eigenvalue weighted by molar-refractivity contribution is 8.00. The molecule has 1 heterocycles. The average molecular weight is 371 g/mol. The standard InChI is InChI=1S/C19H17NO5S/c1-24-16-8-4-2-6-13(16)15(21)11-25-19(23)10-20-14-7-3-5-9-17(14)26-12-18(20)22/h2-9H,10-12H2,1H3. The number of fused-ring (bicyclic) bond motifs is 1. The smallest absolute Gasteiger partial charge is 0.326 e. The van der Waals surface area contributed by atoms with Crippen molar-refractivity contribution in [1.82, 2.24) is 0 Å². The SMILES string of the molecule is COc1ccccc1C(=O)COC(=O)CN1C(=O)CSc2ccccc21. The van der Waals surface area contributed by atoms with Crippen molar-refractivity contribution >= 4 is 35.1 Å². The van der Waals surface area contributed by atoms with E-state index in [1.165, 1.54) is 23.8 Å². The molecule has 0 atom stereocenters. The molecule has 26 heavy (non-hydrogen) atoms. The molecular formula is C19H17NO5S. The van der Waals surface area contributed by atoms with Crippen molar-refractivity contribution in [2.24, 2.45) is 0 Å². The van der Waals surface area contributed by atoms with Crippen LogP contribution in [-0.4, -0.2) is 43.7 Å². The van der Waals surface area contributed by atoms with Gasteiger partial charge in [-0.1, -0.05) is 24.3 Å². The third-order valence-corrected chi connectivity index (χ3v) is 4.91. The number of benzene rings is 2. The lowest BCUT2D eigenvalue weighted by atomic mass is 10.1. The summed E-state index contributed by atoms with van der Waals surface area (Å²) in [7, 11) is 1.47. The fourth-order valence-corrected chi connectivity index (χ4v) is 3.54. The van der Waals surface area contributed by atoms with E-state index in [1.54, 1.807) is 30.3 Å². The van der Waals surface area contributed by atoms with E-state index in [2.05, 4.69) is 0 Å². The Balaban J connectivity index is 1.63. The molecule has 0 fully saturated rings. The van der Waals surface area contributed by atoms with Gasteiger partial charge in [-0.2, -0.15) is 0 Å². The van der Waals surface area contributed by atoms with E-state index in [9.17, 15) is 14.4 Å². The van der Waals surface area contributed by atoms with Gasteiger partial charge in [0.05, 0.1) is 24.1 Å². The largest absolute Gasteiger partial charge is 0.496 e. The summed E-state index contributed by atoms with van der Waals surface area (Å²) in [6, 6.07) is 14.1. The molecule has 134 valence electrons. The van der Waals surface area contributed by atoms with Gasteiger partial charge in [0.15, 0.2) is 6.61 Å². The molecule has 0 radical (unpaired) electrons. The van der Waals surface area contributed by atoms with Crippen molar-refractivity contribution in [1.29, 1.82) is 0 Å². The minimum atomic E-state index is -0.636. The number of methoxy groups -OCH3 is 1. The lowest BCUT2D eigenvalue weighted by Crippen LogP contribution is -2.40. The molecule has 0 aliphatic carbocycles. The number of amides is 1. The molecule has 2 aromatic carbocycles. The number of ketones is 1. The summed E-state index contributed by atoms with van der Waals surface area (Å²) in [5.74, 6) is -0.475. The van der Waals surface area contributed by atoms with Gasteiger partial charge in [-0.05, 0) is 24.3 Å². The Bertz CT molecular complexity index is 851. The third-order valence-electron chi connectivity index (χ3n) is 3.87. The van der Waals surface area contributed by atoms with Crippen LogP contribution in [0.4, 0.5) is 5.69 Å². The van der Waals surface area contributed by atoms with Gasteiger partial charge >= 0.3 is 5.97 Å². The number of carbonyl (C=O) groups excluding carboxylic acids is 3. The Kier molecular flexibility index (Phi) is 5.58. The number of thioether (sulfide) groups is 1. The second kappa shape index (κ2) is 8.05. The molecule has 0 bridgehead atoms. The minimum absolute atomic E-state index is 0.165. The van der Waals surface area contributed by atoms with Crippen LogP contribution in [0, 0.1) is 0 Å². The average Bonchev–Trinajstić information content (AvgIpc) is 2.68. The van der Waals surface area contributed by atoms with E-state index < -0.39 is 12.6 Å². The Labute approximate surface area is 155 Å². The van der Waals surface area contributed by atoms with Gasteiger partial charge in [-0.25, -0.2) is 0 Å². The van der Waals surface area contributed by atoms with E-state index >= 15 is 0 Å². The fourth-order valence-electron chi connectivity index (χ4n) is 2.60. The molecule has 6 nitrogen and oxygen atoms in total. The van der Waals surface area contributed by atoms with Crippen LogP contribution in [-0.2, 0) is 14.3 Å². The van der Waals surface area contributed by atoms with E-state index in [-0.39, 0.29) is 24.0 Å². The van der Waals surface area contributed by atoms with Crippen molar-refractivity contribution in [3.63, 3.8) is 0 Å². The third kappa shape index (κ3) is 3.88. The van der Waals surface area contributed by atoms with Crippen LogP contribution in [0.15, 0.2) is 53.4 Å². The van der Waals surface area contributed by atoms with Crippen LogP contribution in [0.2, 0.25) is 0 Å². The lowest BCUT2D eigenvalue weighted by molar-refractivity contribution is -0.141. The van der Waals surface area contributed by atoms with Crippen LogP contribution in [0.25, 0.3) is 0 Å². The van der Waals surface area contributed by atoms with Crippen LogP contribution >= 0.6 is 11.8 Å². The summed E-state index contributed by atoms with van der Waals surface area (Å²) in [6.07, 6.45) is 0. The van der Waals surface area contributed by atoms with Crippen molar-refractivity contribution < 1.29 is 23.9 Å². The predicted molar refractivity (Wildman–Crippen MR) is 97.8 cm³/mol. The van der Waals surface area contributed by atoms with E-state index in [0.29, 0.717) is 17.0 Å². The minimum Gasteiger partial charge on any atom is -0.496 e. The summed E-state index contributed by atoms with van der Waals surface area (Å²) < 4.78 is 10.2. The molecule has 3 rings (SSSR count). The van der Waals surface area contributed by atoms with Gasteiger partial charge in [-0.3, -0.25) is 19.3 Å². The second-order valence-corrected chi connectivity index (χ2v) is 6.54. The van der Waals surface area contributed by atoms with E-state index in [4.69, 9.17) is 9.47 Å². The maximum absolute atomic E-state index is 12.2. The Morgan fingerprint density at radius 1 is 1.12 bits per heavy atom. The number of nitrogens with zero attached hydrogens (tertiary/aromatic N) is 1. The molecule has 0 aromatic heterocycles. The van der Waals surface area contributed by atoms with Crippen LogP contribution in [0.3, 0.4) is 0 Å². The zero-order chi connectivity index (χ0) is 18.5. The van der Waals surface area contributed by atoms with Crippen LogP contribution in [0.1, 0.15) is 10.4 Å². The van der Waals surface area contributed by atoms with E-state index in [1.807, 2.05) is 18.2 Å². The monoisotopic (exact) mass is 371 g/mol. The van der Waals surface area contributed by atoms with Gasteiger partial charge in [0.2, 0.25) is 11.7 Å². The summed E-state index contributed by atoms with van der Waals surface area (Å²) >= 11 is 1.44. The van der Waals surface area contributed by atoms with Crippen molar-refractivity contribution in [3.05, 3.63) is 54.1 Å². The zero-order valence-electron chi connectivity index (χ0n) is 14.1. The topological polar surface area (TPSA) is 72.9 Å². The maximum atomic E-state index is 12.2. The van der Waals surface area contributed by atoms with Gasteiger partial charge in [0.1, 0.15) is 12.3 Å². The Hall–Kier alpha value is -2.80. The first-order valence-electron chi connectivity index (χ1n) is 7.94. The highest BCUT2D eigenvalue weighted by Gasteiger charge is 2.27. The number of hydrogen-bond donors (Lipinski definition) is 0. The highest BCUT2D eigenvalue weighted by atomic mass is 32.2. The van der Waals surface area contributed by atoms with Gasteiger partial charge in [0, 0.05) is 4.90 Å². The molecule has 1 aliphatic rings. The summed E-state index contributed by atoms with van der Waals surface area (Å²) in [5, 5.41) is 0.